The van der Waals surface area contributed by atoms with Gasteiger partial charge in [0.2, 0.25) is 11.8 Å². The normalized spacial score (nSPS) is 16.1. The van der Waals surface area contributed by atoms with Crippen LogP contribution >= 0.6 is 23.4 Å². The number of para-hydroxylation sites is 1. The molecule has 31 heavy (non-hydrogen) atoms. The monoisotopic (exact) mass is 461 g/mol. The van der Waals surface area contributed by atoms with Gasteiger partial charge in [-0.2, -0.15) is 0 Å². The molecule has 9 heteroatoms. The first-order valence-electron chi connectivity index (χ1n) is 10.5. The maximum absolute atomic E-state index is 12.3. The highest BCUT2D eigenvalue weighted by Gasteiger charge is 2.26. The number of aryl methyl sites for hydroxylation is 1. The first-order valence-corrected chi connectivity index (χ1v) is 11.9. The zero-order chi connectivity index (χ0) is 22.2. The van der Waals surface area contributed by atoms with Crippen LogP contribution in [0.5, 0.6) is 0 Å². The van der Waals surface area contributed by atoms with Gasteiger partial charge in [-0.1, -0.05) is 42.4 Å². The second kappa shape index (κ2) is 11.3. The van der Waals surface area contributed by atoms with Crippen LogP contribution in [0.15, 0.2) is 35.4 Å². The van der Waals surface area contributed by atoms with Crippen molar-refractivity contribution in [2.24, 2.45) is 5.92 Å². The van der Waals surface area contributed by atoms with E-state index in [0.29, 0.717) is 28.8 Å². The lowest BCUT2D eigenvalue weighted by Gasteiger charge is -2.32. The average molecular weight is 462 g/mol. The molecule has 7 nitrogen and oxygen atoms in total. The standard InChI is InChI=1S/C22H28ClN5O2S/c1-3-11-24-22(30)16-7-5-12-28(13-16)18-9-10-20(27-26-18)31-14-19(29)25-21-15(2)6-4-8-17(21)23/h4,6,8-10,16H,3,5,7,11-14H2,1-2H3,(H,24,30)(H,25,29)/t16-/m1/s1. The van der Waals surface area contributed by atoms with E-state index in [-0.39, 0.29) is 23.5 Å². The largest absolute Gasteiger partial charge is 0.356 e. The Morgan fingerprint density at radius 3 is 2.81 bits per heavy atom. The Bertz CT molecular complexity index is 889. The van der Waals surface area contributed by atoms with Crippen LogP contribution < -0.4 is 15.5 Å². The topological polar surface area (TPSA) is 87.2 Å². The van der Waals surface area contributed by atoms with Crippen molar-refractivity contribution < 1.29 is 9.59 Å². The predicted octanol–water partition coefficient (Wildman–Crippen LogP) is 3.91. The summed E-state index contributed by atoms with van der Waals surface area (Å²) in [7, 11) is 0. The van der Waals surface area contributed by atoms with Gasteiger partial charge in [-0.15, -0.1) is 10.2 Å². The van der Waals surface area contributed by atoms with Gasteiger partial charge in [0.05, 0.1) is 22.4 Å². The number of anilines is 2. The van der Waals surface area contributed by atoms with Crippen molar-refractivity contribution in [3.05, 3.63) is 40.9 Å². The number of benzene rings is 1. The first-order chi connectivity index (χ1) is 15.0. The smallest absolute Gasteiger partial charge is 0.234 e. The molecule has 0 saturated carbocycles. The molecule has 3 rings (SSSR count). The first kappa shape index (κ1) is 23.3. The Kier molecular flexibility index (Phi) is 8.54. The summed E-state index contributed by atoms with van der Waals surface area (Å²) in [5.74, 6) is 0.916. The lowest BCUT2D eigenvalue weighted by Crippen LogP contribution is -2.43. The average Bonchev–Trinajstić information content (AvgIpc) is 2.79. The van der Waals surface area contributed by atoms with E-state index in [0.717, 1.165) is 37.2 Å². The molecule has 1 saturated heterocycles. The number of nitrogens with one attached hydrogen (secondary N) is 2. The van der Waals surface area contributed by atoms with E-state index in [1.807, 2.05) is 38.1 Å². The predicted molar refractivity (Wildman–Crippen MR) is 126 cm³/mol. The summed E-state index contributed by atoms with van der Waals surface area (Å²) in [6.45, 7) is 6.17. The van der Waals surface area contributed by atoms with Gasteiger partial charge in [0, 0.05) is 19.6 Å². The number of amides is 2. The molecule has 2 heterocycles. The van der Waals surface area contributed by atoms with Gasteiger partial charge in [-0.3, -0.25) is 9.59 Å². The van der Waals surface area contributed by atoms with E-state index in [2.05, 4.69) is 25.7 Å². The maximum atomic E-state index is 12.3. The Balaban J connectivity index is 1.52. The summed E-state index contributed by atoms with van der Waals surface area (Å²) in [4.78, 5) is 26.7. The zero-order valence-electron chi connectivity index (χ0n) is 17.9. The minimum atomic E-state index is -0.149. The summed E-state index contributed by atoms with van der Waals surface area (Å²) >= 11 is 7.48. The minimum Gasteiger partial charge on any atom is -0.356 e. The van der Waals surface area contributed by atoms with E-state index in [4.69, 9.17) is 11.6 Å². The fraction of sp³-hybridized carbons (Fsp3) is 0.455. The number of hydrogen-bond acceptors (Lipinski definition) is 6. The third-order valence-corrected chi connectivity index (χ3v) is 6.36. The van der Waals surface area contributed by atoms with Crippen molar-refractivity contribution in [1.29, 1.82) is 0 Å². The Hall–Kier alpha value is -2.32. The lowest BCUT2D eigenvalue weighted by molar-refractivity contribution is -0.125. The van der Waals surface area contributed by atoms with Crippen molar-refractivity contribution >= 4 is 46.7 Å². The molecular formula is C22H28ClN5O2S. The van der Waals surface area contributed by atoms with Crippen LogP contribution in [0, 0.1) is 12.8 Å². The Labute approximate surface area is 192 Å². The van der Waals surface area contributed by atoms with Gasteiger partial charge >= 0.3 is 0 Å². The molecule has 1 aromatic carbocycles. The number of carbonyl (C=O) groups excluding carboxylic acids is 2. The Morgan fingerprint density at radius 2 is 2.10 bits per heavy atom. The number of rotatable bonds is 8. The van der Waals surface area contributed by atoms with Gasteiger partial charge < -0.3 is 15.5 Å². The zero-order valence-corrected chi connectivity index (χ0v) is 19.4. The second-order valence-electron chi connectivity index (χ2n) is 7.57. The molecule has 0 aliphatic carbocycles. The van der Waals surface area contributed by atoms with E-state index in [1.54, 1.807) is 6.07 Å². The van der Waals surface area contributed by atoms with E-state index in [9.17, 15) is 9.59 Å². The molecule has 0 spiro atoms. The molecule has 1 fully saturated rings. The molecule has 2 N–H and O–H groups in total. The molecule has 0 radical (unpaired) electrons. The van der Waals surface area contributed by atoms with E-state index < -0.39 is 0 Å². The van der Waals surface area contributed by atoms with Crippen molar-refractivity contribution in [1.82, 2.24) is 15.5 Å². The van der Waals surface area contributed by atoms with Crippen molar-refractivity contribution in [2.75, 3.05) is 35.6 Å². The van der Waals surface area contributed by atoms with Gasteiger partial charge in [0.1, 0.15) is 5.03 Å². The van der Waals surface area contributed by atoms with E-state index in [1.165, 1.54) is 11.8 Å². The van der Waals surface area contributed by atoms with E-state index >= 15 is 0 Å². The fourth-order valence-corrected chi connectivity index (χ4v) is 4.34. The second-order valence-corrected chi connectivity index (χ2v) is 8.98. The molecule has 0 unspecified atom stereocenters. The molecule has 1 aliphatic heterocycles. The van der Waals surface area contributed by atoms with Crippen molar-refractivity contribution in [3.8, 4) is 0 Å². The highest BCUT2D eigenvalue weighted by Crippen LogP contribution is 2.26. The maximum Gasteiger partial charge on any atom is 0.234 e. The van der Waals surface area contributed by atoms with Crippen LogP contribution in [0.1, 0.15) is 31.7 Å². The highest BCUT2D eigenvalue weighted by molar-refractivity contribution is 7.99. The molecule has 0 bridgehead atoms. The van der Waals surface area contributed by atoms with Crippen LogP contribution in [-0.4, -0.2) is 47.4 Å². The number of hydrogen-bond donors (Lipinski definition) is 2. The van der Waals surface area contributed by atoms with Gasteiger partial charge in [0.15, 0.2) is 5.82 Å². The number of carbonyl (C=O) groups is 2. The summed E-state index contributed by atoms with van der Waals surface area (Å²) in [6, 6.07) is 9.26. The van der Waals surface area contributed by atoms with Gasteiger partial charge in [-0.25, -0.2) is 0 Å². The van der Waals surface area contributed by atoms with Crippen LogP contribution in [0.2, 0.25) is 5.02 Å². The quantitative estimate of drug-likeness (QED) is 0.579. The van der Waals surface area contributed by atoms with Crippen LogP contribution in [-0.2, 0) is 9.59 Å². The summed E-state index contributed by atoms with van der Waals surface area (Å²) in [6.07, 6.45) is 2.78. The summed E-state index contributed by atoms with van der Waals surface area (Å²) in [5.41, 5.74) is 1.55. The van der Waals surface area contributed by atoms with Crippen LogP contribution in [0.3, 0.4) is 0 Å². The SMILES string of the molecule is CCCNC(=O)[C@@H]1CCCN(c2ccc(SCC(=O)Nc3c(C)cccc3Cl)nn2)C1. The molecular weight excluding hydrogens is 434 g/mol. The summed E-state index contributed by atoms with van der Waals surface area (Å²) in [5, 5.41) is 15.6. The number of piperidine rings is 1. The number of aromatic nitrogens is 2. The number of halogens is 1. The Morgan fingerprint density at radius 1 is 1.26 bits per heavy atom. The molecule has 1 atom stereocenters. The third kappa shape index (κ3) is 6.58. The number of nitrogens with zero attached hydrogens (tertiary/aromatic N) is 3. The summed E-state index contributed by atoms with van der Waals surface area (Å²) < 4.78 is 0. The molecule has 2 aromatic rings. The van der Waals surface area contributed by atoms with Gasteiger partial charge in [0.25, 0.3) is 0 Å². The van der Waals surface area contributed by atoms with Crippen LogP contribution in [0.4, 0.5) is 11.5 Å². The van der Waals surface area contributed by atoms with Crippen molar-refractivity contribution in [2.45, 2.75) is 38.1 Å². The highest BCUT2D eigenvalue weighted by atomic mass is 35.5. The molecule has 166 valence electrons. The van der Waals surface area contributed by atoms with Gasteiger partial charge in [-0.05, 0) is 49.9 Å². The lowest BCUT2D eigenvalue weighted by atomic mass is 9.97. The third-order valence-electron chi connectivity index (χ3n) is 5.13. The van der Waals surface area contributed by atoms with Crippen molar-refractivity contribution in [3.63, 3.8) is 0 Å². The number of thioether (sulfide) groups is 1. The molecule has 1 aliphatic rings. The minimum absolute atomic E-state index is 0.0203. The fourth-order valence-electron chi connectivity index (χ4n) is 3.46. The molecule has 2 amide bonds. The van der Waals surface area contributed by atoms with Crippen LogP contribution in [0.25, 0.3) is 0 Å². The molecule has 1 aromatic heterocycles.